The standard InChI is InChI=1S/C11H15ClN4O/c1-7-6-16-10(17)9(4-5-12)8(2)13-11(16)15(3)14-7/h4-6H2,1-3H3. The first kappa shape index (κ1) is 12.1. The number of fused-ring (bicyclic) bond motifs is 1. The SMILES string of the molecule is CC1=NN(C)c2nc(C)c(CCCl)c(=O)n2C1. The molecule has 0 radical (unpaired) electrons. The Kier molecular flexibility index (Phi) is 3.19. The van der Waals surface area contributed by atoms with Gasteiger partial charge in [-0.3, -0.25) is 9.36 Å². The zero-order valence-electron chi connectivity index (χ0n) is 10.2. The molecule has 0 spiro atoms. The van der Waals surface area contributed by atoms with Crippen molar-refractivity contribution in [3.05, 3.63) is 21.6 Å². The van der Waals surface area contributed by atoms with E-state index in [2.05, 4.69) is 10.1 Å². The molecule has 0 saturated carbocycles. The van der Waals surface area contributed by atoms with Crippen LogP contribution < -0.4 is 10.6 Å². The van der Waals surface area contributed by atoms with Crippen molar-refractivity contribution in [2.45, 2.75) is 26.8 Å². The second-order valence-electron chi connectivity index (χ2n) is 4.16. The first-order valence-corrected chi connectivity index (χ1v) is 6.02. The Morgan fingerprint density at radius 1 is 1.41 bits per heavy atom. The van der Waals surface area contributed by atoms with Crippen LogP contribution in [0.2, 0.25) is 0 Å². The van der Waals surface area contributed by atoms with E-state index in [0.717, 1.165) is 11.4 Å². The second-order valence-corrected chi connectivity index (χ2v) is 4.54. The number of rotatable bonds is 2. The Balaban J connectivity index is 2.61. The molecule has 2 heterocycles. The van der Waals surface area contributed by atoms with E-state index in [9.17, 15) is 4.79 Å². The highest BCUT2D eigenvalue weighted by molar-refractivity contribution is 6.18. The Bertz CT molecular complexity index is 535. The Morgan fingerprint density at radius 3 is 2.76 bits per heavy atom. The number of aryl methyl sites for hydroxylation is 1. The summed E-state index contributed by atoms with van der Waals surface area (Å²) in [4.78, 5) is 16.7. The van der Waals surface area contributed by atoms with E-state index >= 15 is 0 Å². The fraction of sp³-hybridized carbons (Fsp3) is 0.545. The molecule has 0 N–H and O–H groups in total. The van der Waals surface area contributed by atoms with Crippen molar-refractivity contribution >= 4 is 23.3 Å². The molecule has 0 aromatic carbocycles. The van der Waals surface area contributed by atoms with Gasteiger partial charge in [-0.05, 0) is 20.3 Å². The van der Waals surface area contributed by atoms with Crippen molar-refractivity contribution in [1.82, 2.24) is 9.55 Å². The third-order valence-corrected chi connectivity index (χ3v) is 2.98. The Morgan fingerprint density at radius 2 is 2.12 bits per heavy atom. The van der Waals surface area contributed by atoms with Crippen molar-refractivity contribution in [3.8, 4) is 0 Å². The highest BCUT2D eigenvalue weighted by atomic mass is 35.5. The quantitative estimate of drug-likeness (QED) is 0.745. The lowest BCUT2D eigenvalue weighted by Gasteiger charge is -2.24. The van der Waals surface area contributed by atoms with Gasteiger partial charge in [-0.15, -0.1) is 11.6 Å². The first-order valence-electron chi connectivity index (χ1n) is 5.48. The zero-order valence-corrected chi connectivity index (χ0v) is 11.0. The highest BCUT2D eigenvalue weighted by Gasteiger charge is 2.20. The predicted molar refractivity (Wildman–Crippen MR) is 69.2 cm³/mol. The fourth-order valence-electron chi connectivity index (χ4n) is 2.02. The van der Waals surface area contributed by atoms with Crippen LogP contribution >= 0.6 is 11.6 Å². The molecule has 0 amide bonds. The molecule has 1 aromatic rings. The number of alkyl halides is 1. The maximum atomic E-state index is 12.3. The molecule has 0 fully saturated rings. The Labute approximate surface area is 105 Å². The van der Waals surface area contributed by atoms with Gasteiger partial charge in [0.25, 0.3) is 5.56 Å². The van der Waals surface area contributed by atoms with Gasteiger partial charge in [-0.25, -0.2) is 9.99 Å². The van der Waals surface area contributed by atoms with Crippen LogP contribution in [0.4, 0.5) is 5.95 Å². The Hall–Kier alpha value is -1.36. The van der Waals surface area contributed by atoms with Gasteiger partial charge in [0, 0.05) is 18.5 Å². The summed E-state index contributed by atoms with van der Waals surface area (Å²) in [7, 11) is 1.79. The molecule has 0 aliphatic carbocycles. The first-order chi connectivity index (χ1) is 8.04. The molecule has 6 heteroatoms. The molecule has 17 heavy (non-hydrogen) atoms. The van der Waals surface area contributed by atoms with Crippen LogP contribution in [-0.2, 0) is 13.0 Å². The summed E-state index contributed by atoms with van der Waals surface area (Å²) < 4.78 is 1.65. The maximum absolute atomic E-state index is 12.3. The van der Waals surface area contributed by atoms with Gasteiger partial charge < -0.3 is 0 Å². The number of hydrazone groups is 1. The molecule has 2 rings (SSSR count). The van der Waals surface area contributed by atoms with Crippen molar-refractivity contribution in [3.63, 3.8) is 0 Å². The third kappa shape index (κ3) is 2.07. The summed E-state index contributed by atoms with van der Waals surface area (Å²) in [5, 5.41) is 5.92. The van der Waals surface area contributed by atoms with Crippen molar-refractivity contribution in [1.29, 1.82) is 0 Å². The summed E-state index contributed by atoms with van der Waals surface area (Å²) in [5.74, 6) is 1.02. The molecule has 0 atom stereocenters. The predicted octanol–water partition coefficient (Wildman–Crippen LogP) is 1.16. The molecule has 1 aliphatic heterocycles. The van der Waals surface area contributed by atoms with E-state index in [1.807, 2.05) is 13.8 Å². The third-order valence-electron chi connectivity index (χ3n) is 2.79. The molecule has 1 aliphatic rings. The van der Waals surface area contributed by atoms with Crippen LogP contribution in [0, 0.1) is 6.92 Å². The lowest BCUT2D eigenvalue weighted by molar-refractivity contribution is 0.690. The average molecular weight is 255 g/mol. The van der Waals surface area contributed by atoms with Crippen LogP contribution in [0.3, 0.4) is 0 Å². The summed E-state index contributed by atoms with van der Waals surface area (Å²) in [5.41, 5.74) is 2.33. The number of anilines is 1. The van der Waals surface area contributed by atoms with E-state index in [4.69, 9.17) is 11.6 Å². The van der Waals surface area contributed by atoms with Gasteiger partial charge in [-0.1, -0.05) is 0 Å². The van der Waals surface area contributed by atoms with Crippen LogP contribution in [0.5, 0.6) is 0 Å². The summed E-state index contributed by atoms with van der Waals surface area (Å²) in [6.07, 6.45) is 0.555. The van der Waals surface area contributed by atoms with Crippen LogP contribution in [0.15, 0.2) is 9.90 Å². The van der Waals surface area contributed by atoms with Gasteiger partial charge >= 0.3 is 0 Å². The van der Waals surface area contributed by atoms with Gasteiger partial charge in [0.2, 0.25) is 5.95 Å². The summed E-state index contributed by atoms with van der Waals surface area (Å²) >= 11 is 5.71. The molecule has 92 valence electrons. The highest BCUT2D eigenvalue weighted by Crippen LogP contribution is 2.15. The number of nitrogens with zero attached hydrogens (tertiary/aromatic N) is 4. The van der Waals surface area contributed by atoms with Crippen molar-refractivity contribution in [2.24, 2.45) is 5.10 Å². The van der Waals surface area contributed by atoms with E-state index in [0.29, 0.717) is 30.4 Å². The number of hydrogen-bond acceptors (Lipinski definition) is 4. The number of hydrogen-bond donors (Lipinski definition) is 0. The minimum atomic E-state index is -0.00532. The molecule has 0 bridgehead atoms. The number of halogens is 1. The van der Waals surface area contributed by atoms with Gasteiger partial charge in [0.1, 0.15) is 0 Å². The summed E-state index contributed by atoms with van der Waals surface area (Å²) in [6.45, 7) is 4.23. The largest absolute Gasteiger partial charge is 0.271 e. The number of aromatic nitrogens is 2. The lowest BCUT2D eigenvalue weighted by atomic mass is 10.2. The zero-order chi connectivity index (χ0) is 12.6. The molecule has 0 unspecified atom stereocenters. The second kappa shape index (κ2) is 4.49. The molecule has 5 nitrogen and oxygen atoms in total. The topological polar surface area (TPSA) is 50.5 Å². The van der Waals surface area contributed by atoms with Crippen molar-refractivity contribution in [2.75, 3.05) is 17.9 Å². The lowest BCUT2D eigenvalue weighted by Crippen LogP contribution is -2.37. The van der Waals surface area contributed by atoms with Crippen LogP contribution in [-0.4, -0.2) is 28.2 Å². The molecular weight excluding hydrogens is 240 g/mol. The smallest absolute Gasteiger partial charge is 0.258 e. The fourth-order valence-corrected chi connectivity index (χ4v) is 2.21. The normalized spacial score (nSPS) is 14.6. The molecule has 1 aromatic heterocycles. The minimum absolute atomic E-state index is 0.00532. The van der Waals surface area contributed by atoms with Crippen molar-refractivity contribution < 1.29 is 0 Å². The van der Waals surface area contributed by atoms with E-state index in [1.54, 1.807) is 16.6 Å². The van der Waals surface area contributed by atoms with Crippen LogP contribution in [0.1, 0.15) is 18.2 Å². The van der Waals surface area contributed by atoms with Gasteiger partial charge in [-0.2, -0.15) is 5.10 Å². The molecule has 0 saturated heterocycles. The van der Waals surface area contributed by atoms with Gasteiger partial charge in [0.05, 0.1) is 18.0 Å². The van der Waals surface area contributed by atoms with E-state index < -0.39 is 0 Å². The average Bonchev–Trinajstić information content (AvgIpc) is 2.26. The van der Waals surface area contributed by atoms with E-state index in [1.165, 1.54) is 0 Å². The minimum Gasteiger partial charge on any atom is -0.271 e. The monoisotopic (exact) mass is 254 g/mol. The van der Waals surface area contributed by atoms with Crippen LogP contribution in [0.25, 0.3) is 0 Å². The molecular formula is C11H15ClN4O. The van der Waals surface area contributed by atoms with E-state index in [-0.39, 0.29) is 5.56 Å². The maximum Gasteiger partial charge on any atom is 0.258 e. The summed E-state index contributed by atoms with van der Waals surface area (Å²) in [6, 6.07) is 0. The van der Waals surface area contributed by atoms with Gasteiger partial charge in [0.15, 0.2) is 0 Å².